The second-order valence-corrected chi connectivity index (χ2v) is 18.2. The fraction of sp³-hybridized carbons (Fsp3) is 0.333. The summed E-state index contributed by atoms with van der Waals surface area (Å²) >= 11 is 0. The summed E-state index contributed by atoms with van der Waals surface area (Å²) in [5, 5.41) is 20.1. The molecule has 5 heterocycles. The number of phenols is 1. The minimum absolute atomic E-state index is 0.0402. The van der Waals surface area contributed by atoms with Gasteiger partial charge in [-0.3, -0.25) is 24.2 Å². The van der Waals surface area contributed by atoms with Crippen molar-refractivity contribution in [3.63, 3.8) is 0 Å². The van der Waals surface area contributed by atoms with Gasteiger partial charge in [-0.15, -0.1) is 0 Å². The zero-order chi connectivity index (χ0) is 48.5. The Kier molecular flexibility index (Phi) is 13.4. The summed E-state index contributed by atoms with van der Waals surface area (Å²) in [5.41, 5.74) is 15.4. The number of amides is 3. The summed E-state index contributed by atoms with van der Waals surface area (Å²) < 4.78 is 30.4. The molecule has 3 aliphatic rings. The number of nitrogens with two attached hydrogens (primary N) is 1. The molecule has 0 bridgehead atoms. The van der Waals surface area contributed by atoms with Crippen LogP contribution in [0.2, 0.25) is 0 Å². The van der Waals surface area contributed by atoms with Crippen molar-refractivity contribution >= 4 is 29.1 Å². The van der Waals surface area contributed by atoms with Crippen molar-refractivity contribution in [2.75, 3.05) is 57.4 Å². The van der Waals surface area contributed by atoms with Gasteiger partial charge in [-0.05, 0) is 109 Å². The Morgan fingerprint density at radius 2 is 1.62 bits per heavy atom. The number of anilines is 2. The number of carbonyl (C=O) groups excluding carboxylic acids is 3. The topological polar surface area (TPSA) is 163 Å². The van der Waals surface area contributed by atoms with Crippen LogP contribution in [0.5, 0.6) is 11.5 Å². The molecule has 356 valence electrons. The van der Waals surface area contributed by atoms with E-state index in [1.807, 2.05) is 66.8 Å². The molecule has 14 nitrogen and oxygen atoms in total. The van der Waals surface area contributed by atoms with Gasteiger partial charge in [0.25, 0.3) is 11.8 Å². The van der Waals surface area contributed by atoms with E-state index in [9.17, 15) is 15.2 Å². The largest absolute Gasteiger partial charge is 0.508 e. The van der Waals surface area contributed by atoms with Gasteiger partial charge in [0, 0.05) is 106 Å². The number of nitriles is 1. The second-order valence-electron chi connectivity index (χ2n) is 18.2. The Hall–Kier alpha value is -7.25. The molecule has 3 N–H and O–H groups in total. The number of hydrogen-bond acceptors (Lipinski definition) is 9. The van der Waals surface area contributed by atoms with Gasteiger partial charge >= 0.3 is 0 Å². The van der Waals surface area contributed by atoms with Crippen LogP contribution in [0.3, 0.4) is 0 Å². The van der Waals surface area contributed by atoms with E-state index >= 15 is 14.0 Å². The van der Waals surface area contributed by atoms with Crippen LogP contribution in [0.1, 0.15) is 65.6 Å². The van der Waals surface area contributed by atoms with Gasteiger partial charge in [0.15, 0.2) is 0 Å². The molecular formula is C54H57FN8O6. The van der Waals surface area contributed by atoms with Crippen molar-refractivity contribution in [1.29, 1.82) is 5.26 Å². The van der Waals surface area contributed by atoms with Crippen molar-refractivity contribution in [2.45, 2.75) is 52.2 Å². The minimum atomic E-state index is -0.507. The molecule has 69 heavy (non-hydrogen) atoms. The van der Waals surface area contributed by atoms with Gasteiger partial charge < -0.3 is 39.2 Å². The molecule has 0 unspecified atom stereocenters. The molecule has 0 radical (unpaired) electrons. The van der Waals surface area contributed by atoms with E-state index in [1.54, 1.807) is 51.7 Å². The first-order valence-corrected chi connectivity index (χ1v) is 23.4. The lowest BCUT2D eigenvalue weighted by Crippen LogP contribution is -2.48. The average molecular weight is 933 g/mol. The summed E-state index contributed by atoms with van der Waals surface area (Å²) in [6.45, 7) is 9.09. The maximum Gasteiger partial charge on any atom is 0.264 e. The van der Waals surface area contributed by atoms with Crippen molar-refractivity contribution in [1.82, 2.24) is 23.8 Å². The second kappa shape index (κ2) is 19.8. The summed E-state index contributed by atoms with van der Waals surface area (Å²) in [6, 6.07) is 28.3. The first-order valence-electron chi connectivity index (χ1n) is 23.4. The Bertz CT molecular complexity index is 2980. The van der Waals surface area contributed by atoms with E-state index in [2.05, 4.69) is 17.0 Å². The molecule has 0 aliphatic carbocycles. The molecule has 1 atom stereocenters. The third kappa shape index (κ3) is 9.35. The average Bonchev–Trinajstić information content (AvgIpc) is 3.82. The molecule has 4 aromatic carbocycles. The summed E-state index contributed by atoms with van der Waals surface area (Å²) in [7, 11) is 3.64. The van der Waals surface area contributed by atoms with Gasteiger partial charge in [-0.25, -0.2) is 4.39 Å². The number of carbonyl (C=O) groups is 3. The number of ether oxygens (including phenoxy) is 2. The van der Waals surface area contributed by atoms with Crippen LogP contribution in [0.25, 0.3) is 11.3 Å². The molecule has 3 aliphatic heterocycles. The number of morpholine rings is 1. The molecule has 15 heteroatoms. The molecule has 1 fully saturated rings. The van der Waals surface area contributed by atoms with Crippen LogP contribution in [0.4, 0.5) is 15.8 Å². The molecule has 9 rings (SSSR count). The number of hydrogen-bond donors (Lipinski definition) is 2. The van der Waals surface area contributed by atoms with Crippen LogP contribution >= 0.6 is 0 Å². The van der Waals surface area contributed by atoms with Gasteiger partial charge in [0.05, 0.1) is 30.9 Å². The maximum atomic E-state index is 15.5. The highest BCUT2D eigenvalue weighted by Gasteiger charge is 2.34. The zero-order valence-corrected chi connectivity index (χ0v) is 39.5. The monoisotopic (exact) mass is 932 g/mol. The minimum Gasteiger partial charge on any atom is -0.508 e. The number of fused-ring (bicyclic) bond motifs is 2. The summed E-state index contributed by atoms with van der Waals surface area (Å²) in [6.07, 6.45) is 0.952. The normalized spacial score (nSPS) is 15.9. The van der Waals surface area contributed by atoms with Gasteiger partial charge in [0.1, 0.15) is 35.7 Å². The van der Waals surface area contributed by atoms with E-state index in [1.165, 1.54) is 18.2 Å². The summed E-state index contributed by atoms with van der Waals surface area (Å²) in [4.78, 5) is 51.6. The first-order chi connectivity index (χ1) is 33.3. The smallest absolute Gasteiger partial charge is 0.264 e. The van der Waals surface area contributed by atoms with Gasteiger partial charge in [0.2, 0.25) is 5.91 Å². The lowest BCUT2D eigenvalue weighted by molar-refractivity contribution is -0.131. The fourth-order valence-corrected chi connectivity index (χ4v) is 9.83. The number of phenolic OH excluding ortho intramolecular Hbond substituents is 1. The Labute approximate surface area is 401 Å². The van der Waals surface area contributed by atoms with E-state index < -0.39 is 5.82 Å². The highest BCUT2D eigenvalue weighted by atomic mass is 19.1. The SMILES string of the molecule is Cc1c(N(C(=O)c2cc(-c3cc4c(cc3C(=O)N3Cc5ccccc5C[C@H]3CN)CN(C(=O)Cc3ccc(OCCN5CCOCC5)cc3F)CC4)n(C)c2C)c2ccc(O)cc2)cc(C#N)n1C. The van der Waals surface area contributed by atoms with Gasteiger partial charge in [-0.2, -0.15) is 5.26 Å². The fourth-order valence-electron chi connectivity index (χ4n) is 9.83. The quantitative estimate of drug-likeness (QED) is 0.136. The van der Waals surface area contributed by atoms with E-state index in [4.69, 9.17) is 15.2 Å². The highest BCUT2D eigenvalue weighted by molar-refractivity contribution is 6.13. The lowest BCUT2D eigenvalue weighted by atomic mass is 9.89. The number of halogens is 1. The molecule has 2 aromatic heterocycles. The van der Waals surface area contributed by atoms with E-state index in [0.29, 0.717) is 109 Å². The number of aromatic hydroxyl groups is 1. The lowest BCUT2D eigenvalue weighted by Gasteiger charge is -2.37. The van der Waals surface area contributed by atoms with Crippen LogP contribution < -0.4 is 15.4 Å². The number of benzene rings is 4. The third-order valence-corrected chi connectivity index (χ3v) is 14.2. The molecule has 6 aromatic rings. The van der Waals surface area contributed by atoms with Crippen LogP contribution in [-0.4, -0.2) is 105 Å². The van der Waals surface area contributed by atoms with Crippen LogP contribution in [0, 0.1) is 31.0 Å². The predicted molar refractivity (Wildman–Crippen MR) is 260 cm³/mol. The Morgan fingerprint density at radius 1 is 0.870 bits per heavy atom. The van der Waals surface area contributed by atoms with E-state index in [0.717, 1.165) is 35.3 Å². The van der Waals surface area contributed by atoms with Gasteiger partial charge in [-0.1, -0.05) is 30.3 Å². The van der Waals surface area contributed by atoms with Crippen LogP contribution in [-0.2, 0) is 56.0 Å². The molecular weight excluding hydrogens is 876 g/mol. The molecule has 1 saturated heterocycles. The Morgan fingerprint density at radius 3 is 2.33 bits per heavy atom. The summed E-state index contributed by atoms with van der Waals surface area (Å²) in [5.74, 6) is -0.881. The standard InChI is InChI=1S/C54H57FN8O6/c1-34-46(54(67)63(41-10-12-44(64)13-11-41)50-27-42(30-56)58(3)35(50)2)29-51(59(34)4)47-24-37-15-16-61(52(65)26-38-9-14-45(28-49(38)55)69-22-19-60-17-20-68-21-18-60)32-40(37)25-48(47)53(66)62-33-39-8-6-5-7-36(39)23-43(62)31-57/h5-14,24-25,27-29,43,64H,15-23,26,31-33,57H2,1-4H3/t43-/m0/s1. The van der Waals surface area contributed by atoms with E-state index in [-0.39, 0.29) is 54.6 Å². The zero-order valence-electron chi connectivity index (χ0n) is 39.5. The highest BCUT2D eigenvalue weighted by Crippen LogP contribution is 2.38. The number of rotatable bonds is 12. The third-order valence-electron chi connectivity index (χ3n) is 14.2. The molecule has 0 saturated carbocycles. The molecule has 0 spiro atoms. The molecule has 3 amide bonds. The van der Waals surface area contributed by atoms with Crippen molar-refractivity contribution in [3.05, 3.63) is 153 Å². The van der Waals surface area contributed by atoms with Crippen molar-refractivity contribution < 1.29 is 33.4 Å². The first kappa shape index (κ1) is 46.8. The van der Waals surface area contributed by atoms with Crippen molar-refractivity contribution in [2.24, 2.45) is 19.8 Å². The van der Waals surface area contributed by atoms with Crippen molar-refractivity contribution in [3.8, 4) is 28.8 Å². The van der Waals surface area contributed by atoms with Crippen LogP contribution in [0.15, 0.2) is 91.0 Å². The predicted octanol–water partition coefficient (Wildman–Crippen LogP) is 6.71. The number of aromatic nitrogens is 2. The number of nitrogens with zero attached hydrogens (tertiary/aromatic N) is 7. The Balaban J connectivity index is 1.04. The maximum absolute atomic E-state index is 15.5.